The number of anilines is 2. The Bertz CT molecular complexity index is 1050. The van der Waals surface area contributed by atoms with Crippen molar-refractivity contribution in [1.29, 1.82) is 0 Å². The van der Waals surface area contributed by atoms with Crippen molar-refractivity contribution in [2.24, 2.45) is 0 Å². The number of sulfonamides is 1. The number of nitrogens with zero attached hydrogens (tertiary/aromatic N) is 3. The van der Waals surface area contributed by atoms with Gasteiger partial charge in [-0.05, 0) is 49.4 Å². The molecule has 0 radical (unpaired) electrons. The maximum Gasteiger partial charge on any atom is 0.257 e. The van der Waals surface area contributed by atoms with Crippen LogP contribution in [0.3, 0.4) is 0 Å². The molecule has 2 aliphatic heterocycles. The maximum absolute atomic E-state index is 13.3. The Morgan fingerprint density at radius 2 is 1.81 bits per heavy atom. The Hall–Kier alpha value is -2.14. The standard InChI is InChI=1S/C22H28N4O4S2/c1-31-21-8-5-17(16-23-21)24-22(27)19-15-18(32(28,29)26-9-3-2-4-10-26)6-7-20(19)25-11-13-30-14-12-25/h5-8,15-16H,2-4,9-14H2,1H3,(H,24,27). The monoisotopic (exact) mass is 476 g/mol. The minimum Gasteiger partial charge on any atom is -0.378 e. The minimum atomic E-state index is -3.65. The smallest absolute Gasteiger partial charge is 0.257 e. The van der Waals surface area contributed by atoms with Crippen LogP contribution in [0.1, 0.15) is 29.6 Å². The van der Waals surface area contributed by atoms with E-state index in [1.165, 1.54) is 22.1 Å². The number of hydrogen-bond donors (Lipinski definition) is 1. The summed E-state index contributed by atoms with van der Waals surface area (Å²) in [6.45, 7) is 3.44. The summed E-state index contributed by atoms with van der Waals surface area (Å²) in [7, 11) is -3.65. The number of nitrogens with one attached hydrogen (secondary N) is 1. The molecule has 0 aliphatic carbocycles. The van der Waals surface area contributed by atoms with Gasteiger partial charge in [0.15, 0.2) is 0 Å². The lowest BCUT2D eigenvalue weighted by atomic mass is 10.1. The quantitative estimate of drug-likeness (QED) is 0.641. The highest BCUT2D eigenvalue weighted by molar-refractivity contribution is 7.98. The number of morpholine rings is 1. The number of benzene rings is 1. The zero-order chi connectivity index (χ0) is 22.6. The Labute approximate surface area is 193 Å². The number of piperidine rings is 1. The highest BCUT2D eigenvalue weighted by Crippen LogP contribution is 2.29. The van der Waals surface area contributed by atoms with E-state index in [0.717, 1.165) is 24.3 Å². The summed E-state index contributed by atoms with van der Waals surface area (Å²) in [5, 5.41) is 3.72. The lowest BCUT2D eigenvalue weighted by molar-refractivity contribution is 0.102. The van der Waals surface area contributed by atoms with Gasteiger partial charge in [-0.15, -0.1) is 11.8 Å². The van der Waals surface area contributed by atoms with Gasteiger partial charge in [-0.2, -0.15) is 4.31 Å². The third kappa shape index (κ3) is 5.09. The van der Waals surface area contributed by atoms with Crippen LogP contribution >= 0.6 is 11.8 Å². The molecule has 10 heteroatoms. The Kier molecular flexibility index (Phi) is 7.34. The number of rotatable bonds is 6. The lowest BCUT2D eigenvalue weighted by Gasteiger charge is -2.31. The zero-order valence-electron chi connectivity index (χ0n) is 18.1. The molecule has 2 aliphatic rings. The lowest BCUT2D eigenvalue weighted by Crippen LogP contribution is -2.38. The van der Waals surface area contributed by atoms with E-state index in [1.807, 2.05) is 12.3 Å². The van der Waals surface area contributed by atoms with Gasteiger partial charge in [-0.3, -0.25) is 4.79 Å². The van der Waals surface area contributed by atoms with Crippen LogP contribution in [0.25, 0.3) is 0 Å². The van der Waals surface area contributed by atoms with E-state index in [9.17, 15) is 13.2 Å². The normalized spacial score (nSPS) is 17.8. The summed E-state index contributed by atoms with van der Waals surface area (Å²) in [5.74, 6) is -0.360. The maximum atomic E-state index is 13.3. The molecule has 2 aromatic rings. The van der Waals surface area contributed by atoms with E-state index in [0.29, 0.717) is 56.3 Å². The van der Waals surface area contributed by atoms with E-state index < -0.39 is 10.0 Å². The van der Waals surface area contributed by atoms with Gasteiger partial charge in [-0.25, -0.2) is 13.4 Å². The van der Waals surface area contributed by atoms with Crippen molar-refractivity contribution >= 4 is 39.1 Å². The molecule has 8 nitrogen and oxygen atoms in total. The second kappa shape index (κ2) is 10.2. The average Bonchev–Trinajstić information content (AvgIpc) is 2.85. The van der Waals surface area contributed by atoms with Crippen LogP contribution < -0.4 is 10.2 Å². The van der Waals surface area contributed by atoms with E-state index in [4.69, 9.17) is 4.74 Å². The van der Waals surface area contributed by atoms with Crippen LogP contribution in [-0.4, -0.2) is 69.3 Å². The fraction of sp³-hybridized carbons (Fsp3) is 0.455. The summed E-state index contributed by atoms with van der Waals surface area (Å²) in [5.41, 5.74) is 1.60. The van der Waals surface area contributed by atoms with E-state index in [1.54, 1.807) is 24.4 Å². The molecular weight excluding hydrogens is 448 g/mol. The fourth-order valence-corrected chi connectivity index (χ4v) is 5.87. The van der Waals surface area contributed by atoms with Gasteiger partial charge >= 0.3 is 0 Å². The van der Waals surface area contributed by atoms with Crippen molar-refractivity contribution in [2.75, 3.05) is 55.9 Å². The summed E-state index contributed by atoms with van der Waals surface area (Å²) in [6.07, 6.45) is 6.30. The molecule has 0 bridgehead atoms. The van der Waals surface area contributed by atoms with Crippen molar-refractivity contribution in [3.8, 4) is 0 Å². The predicted molar refractivity (Wildman–Crippen MR) is 126 cm³/mol. The zero-order valence-corrected chi connectivity index (χ0v) is 19.8. The first-order valence-electron chi connectivity index (χ1n) is 10.8. The van der Waals surface area contributed by atoms with Gasteiger partial charge in [0.25, 0.3) is 5.91 Å². The van der Waals surface area contributed by atoms with Crippen molar-refractivity contribution in [3.05, 3.63) is 42.1 Å². The number of ether oxygens (including phenoxy) is 1. The summed E-state index contributed by atoms with van der Waals surface area (Å²) in [6, 6.07) is 8.49. The third-order valence-corrected chi connectivity index (χ3v) is 8.27. The van der Waals surface area contributed by atoms with Crippen LogP contribution in [0, 0.1) is 0 Å². The molecule has 2 saturated heterocycles. The molecule has 1 aromatic heterocycles. The molecule has 1 N–H and O–H groups in total. The van der Waals surface area contributed by atoms with Gasteiger partial charge in [0, 0.05) is 31.9 Å². The Morgan fingerprint density at radius 1 is 1.06 bits per heavy atom. The largest absolute Gasteiger partial charge is 0.378 e. The van der Waals surface area contributed by atoms with Gasteiger partial charge in [0.2, 0.25) is 10.0 Å². The number of pyridine rings is 1. The second-order valence-corrected chi connectivity index (χ2v) is 10.6. The van der Waals surface area contributed by atoms with Crippen LogP contribution in [0.2, 0.25) is 0 Å². The number of aromatic nitrogens is 1. The summed E-state index contributed by atoms with van der Waals surface area (Å²) >= 11 is 1.52. The third-order valence-electron chi connectivity index (χ3n) is 5.72. The molecule has 0 unspecified atom stereocenters. The van der Waals surface area contributed by atoms with Crippen LogP contribution in [0.15, 0.2) is 46.5 Å². The van der Waals surface area contributed by atoms with Crippen LogP contribution in [-0.2, 0) is 14.8 Å². The number of carbonyl (C=O) groups excluding carboxylic acids is 1. The number of hydrogen-bond acceptors (Lipinski definition) is 7. The molecule has 3 heterocycles. The van der Waals surface area contributed by atoms with Crippen molar-refractivity contribution in [3.63, 3.8) is 0 Å². The summed E-state index contributed by atoms with van der Waals surface area (Å²) in [4.78, 5) is 19.8. The highest BCUT2D eigenvalue weighted by atomic mass is 32.2. The predicted octanol–water partition coefficient (Wildman–Crippen LogP) is 3.07. The number of thioether (sulfide) groups is 1. The van der Waals surface area contributed by atoms with E-state index >= 15 is 0 Å². The first-order valence-corrected chi connectivity index (χ1v) is 13.4. The van der Waals surface area contributed by atoms with Gasteiger partial charge in [-0.1, -0.05) is 6.42 Å². The average molecular weight is 477 g/mol. The van der Waals surface area contributed by atoms with Crippen LogP contribution in [0.4, 0.5) is 11.4 Å². The Balaban J connectivity index is 1.67. The molecular formula is C22H28N4O4S2. The van der Waals surface area contributed by atoms with Crippen LogP contribution in [0.5, 0.6) is 0 Å². The van der Waals surface area contributed by atoms with Crippen molar-refractivity contribution in [1.82, 2.24) is 9.29 Å². The molecule has 32 heavy (non-hydrogen) atoms. The van der Waals surface area contributed by atoms with Crippen molar-refractivity contribution < 1.29 is 17.9 Å². The highest BCUT2D eigenvalue weighted by Gasteiger charge is 2.28. The molecule has 0 spiro atoms. The molecule has 4 rings (SSSR count). The summed E-state index contributed by atoms with van der Waals surface area (Å²) < 4.78 is 33.4. The van der Waals surface area contributed by atoms with Gasteiger partial charge in [0.05, 0.1) is 40.6 Å². The molecule has 172 valence electrons. The topological polar surface area (TPSA) is 91.8 Å². The van der Waals surface area contributed by atoms with E-state index in [-0.39, 0.29) is 10.8 Å². The second-order valence-electron chi connectivity index (χ2n) is 7.79. The Morgan fingerprint density at radius 3 is 2.47 bits per heavy atom. The minimum absolute atomic E-state index is 0.150. The van der Waals surface area contributed by atoms with Gasteiger partial charge < -0.3 is 15.0 Å². The SMILES string of the molecule is CSc1ccc(NC(=O)c2cc(S(=O)(=O)N3CCCCC3)ccc2N2CCOCC2)cn1. The van der Waals surface area contributed by atoms with E-state index in [2.05, 4.69) is 15.2 Å². The first kappa shape index (κ1) is 23.0. The molecule has 0 atom stereocenters. The molecule has 1 aromatic carbocycles. The molecule has 1 amide bonds. The number of carbonyl (C=O) groups is 1. The molecule has 2 fully saturated rings. The van der Waals surface area contributed by atoms with Gasteiger partial charge in [0.1, 0.15) is 0 Å². The van der Waals surface area contributed by atoms with Crippen molar-refractivity contribution in [2.45, 2.75) is 29.2 Å². The number of amides is 1. The molecule has 0 saturated carbocycles. The fourth-order valence-electron chi connectivity index (χ4n) is 3.97. The first-order chi connectivity index (χ1) is 15.5.